The van der Waals surface area contributed by atoms with Crippen molar-refractivity contribution < 1.29 is 14.3 Å². The first-order valence-corrected chi connectivity index (χ1v) is 10.9. The normalized spacial score (nSPS) is 14.1. The Morgan fingerprint density at radius 2 is 2.07 bits per heavy atom. The Hall–Kier alpha value is -2.85. The standard InChI is InChI=1S/C20H24N6O3S/c1-28-16-6-4-3-5-14(16)19(27)21-7-8-26-18-15(13-22-26)17(23-20(24-18)30-2)25-9-11-29-12-10-25/h3-6,13H,7-12H2,1-2H3,(H,21,27). The quantitative estimate of drug-likeness (QED) is 0.450. The number of hydrogen-bond donors (Lipinski definition) is 1. The van der Waals surface area contributed by atoms with Gasteiger partial charge in [0.05, 0.1) is 44.0 Å². The van der Waals surface area contributed by atoms with E-state index in [1.54, 1.807) is 25.4 Å². The lowest BCUT2D eigenvalue weighted by Gasteiger charge is -2.28. The highest BCUT2D eigenvalue weighted by Crippen LogP contribution is 2.27. The van der Waals surface area contributed by atoms with Gasteiger partial charge in [-0.25, -0.2) is 14.6 Å². The first-order valence-electron chi connectivity index (χ1n) is 9.72. The number of rotatable bonds is 7. The van der Waals surface area contributed by atoms with E-state index in [2.05, 4.69) is 20.3 Å². The zero-order chi connectivity index (χ0) is 20.9. The fourth-order valence-corrected chi connectivity index (χ4v) is 3.75. The molecule has 1 aliphatic rings. The predicted molar refractivity (Wildman–Crippen MR) is 115 cm³/mol. The summed E-state index contributed by atoms with van der Waals surface area (Å²) in [5, 5.41) is 9.03. The number of hydrogen-bond acceptors (Lipinski definition) is 8. The third-order valence-electron chi connectivity index (χ3n) is 4.91. The van der Waals surface area contributed by atoms with Crippen molar-refractivity contribution in [2.75, 3.05) is 51.1 Å². The second-order valence-corrected chi connectivity index (χ2v) is 7.47. The molecule has 0 saturated carbocycles. The molecule has 0 atom stereocenters. The summed E-state index contributed by atoms with van der Waals surface area (Å²) >= 11 is 1.50. The zero-order valence-corrected chi connectivity index (χ0v) is 17.8. The van der Waals surface area contributed by atoms with E-state index in [1.165, 1.54) is 11.8 Å². The molecule has 1 N–H and O–H groups in total. The van der Waals surface area contributed by atoms with Crippen molar-refractivity contribution in [1.29, 1.82) is 0 Å². The van der Waals surface area contributed by atoms with Crippen LogP contribution < -0.4 is 15.0 Å². The molecule has 0 bridgehead atoms. The number of morpholine rings is 1. The molecule has 3 heterocycles. The maximum atomic E-state index is 12.5. The van der Waals surface area contributed by atoms with E-state index >= 15 is 0 Å². The van der Waals surface area contributed by atoms with Gasteiger partial charge in [0.25, 0.3) is 5.91 Å². The Labute approximate surface area is 178 Å². The summed E-state index contributed by atoms with van der Waals surface area (Å²) in [6.45, 7) is 3.86. The SMILES string of the molecule is COc1ccccc1C(=O)NCCn1ncc2c(N3CCOCC3)nc(SC)nc21. The predicted octanol–water partition coefficient (Wildman–Crippen LogP) is 1.82. The molecule has 3 aromatic rings. The Balaban J connectivity index is 1.51. The second kappa shape index (κ2) is 9.31. The molecule has 9 nitrogen and oxygen atoms in total. The molecular weight excluding hydrogens is 404 g/mol. The topological polar surface area (TPSA) is 94.4 Å². The summed E-state index contributed by atoms with van der Waals surface area (Å²) in [4.78, 5) is 24.1. The smallest absolute Gasteiger partial charge is 0.255 e. The van der Waals surface area contributed by atoms with Gasteiger partial charge in [-0.05, 0) is 18.4 Å². The van der Waals surface area contributed by atoms with Crippen LogP contribution in [0.1, 0.15) is 10.4 Å². The van der Waals surface area contributed by atoms with Crippen LogP contribution in [-0.4, -0.2) is 71.9 Å². The molecule has 1 fully saturated rings. The lowest BCUT2D eigenvalue weighted by molar-refractivity contribution is 0.0949. The fourth-order valence-electron chi connectivity index (χ4n) is 3.39. The minimum Gasteiger partial charge on any atom is -0.496 e. The number of amides is 1. The molecule has 4 rings (SSSR count). The molecule has 0 unspecified atom stereocenters. The third-order valence-corrected chi connectivity index (χ3v) is 5.46. The monoisotopic (exact) mass is 428 g/mol. The molecule has 10 heteroatoms. The van der Waals surface area contributed by atoms with Crippen molar-refractivity contribution in [2.45, 2.75) is 11.7 Å². The highest BCUT2D eigenvalue weighted by Gasteiger charge is 2.20. The number of anilines is 1. The number of benzene rings is 1. The van der Waals surface area contributed by atoms with Gasteiger partial charge >= 0.3 is 0 Å². The summed E-state index contributed by atoms with van der Waals surface area (Å²) in [6, 6.07) is 7.15. The van der Waals surface area contributed by atoms with E-state index in [1.807, 2.05) is 23.1 Å². The maximum Gasteiger partial charge on any atom is 0.255 e. The van der Waals surface area contributed by atoms with Crippen molar-refractivity contribution in [1.82, 2.24) is 25.1 Å². The third kappa shape index (κ3) is 4.19. The Morgan fingerprint density at radius 1 is 1.27 bits per heavy atom. The van der Waals surface area contributed by atoms with Crippen molar-refractivity contribution in [3.63, 3.8) is 0 Å². The van der Waals surface area contributed by atoms with Gasteiger partial charge in [-0.15, -0.1) is 0 Å². The van der Waals surface area contributed by atoms with Crippen LogP contribution in [0, 0.1) is 0 Å². The molecule has 0 spiro atoms. The number of carbonyl (C=O) groups is 1. The number of nitrogens with zero attached hydrogens (tertiary/aromatic N) is 5. The average Bonchev–Trinajstić information content (AvgIpc) is 3.21. The molecule has 158 valence electrons. The van der Waals surface area contributed by atoms with Gasteiger partial charge in [0.2, 0.25) is 0 Å². The summed E-state index contributed by atoms with van der Waals surface area (Å²) in [6.07, 6.45) is 3.75. The van der Waals surface area contributed by atoms with E-state index in [-0.39, 0.29) is 5.91 Å². The second-order valence-electron chi connectivity index (χ2n) is 6.69. The Kier molecular flexibility index (Phi) is 6.34. The zero-order valence-electron chi connectivity index (χ0n) is 17.0. The Bertz CT molecular complexity index is 1030. The number of carbonyl (C=O) groups excluding carboxylic acids is 1. The Morgan fingerprint density at radius 3 is 2.83 bits per heavy atom. The molecule has 1 aliphatic heterocycles. The number of aromatic nitrogens is 4. The van der Waals surface area contributed by atoms with Gasteiger partial charge in [-0.2, -0.15) is 5.10 Å². The van der Waals surface area contributed by atoms with Gasteiger partial charge in [-0.3, -0.25) is 4.79 Å². The van der Waals surface area contributed by atoms with E-state index in [0.29, 0.717) is 42.8 Å². The van der Waals surface area contributed by atoms with Crippen LogP contribution in [0.15, 0.2) is 35.6 Å². The number of fused-ring (bicyclic) bond motifs is 1. The lowest BCUT2D eigenvalue weighted by atomic mass is 10.2. The fraction of sp³-hybridized carbons (Fsp3) is 0.400. The molecule has 0 aliphatic carbocycles. The van der Waals surface area contributed by atoms with Gasteiger partial charge in [-0.1, -0.05) is 23.9 Å². The molecule has 1 amide bonds. The van der Waals surface area contributed by atoms with Gasteiger partial charge < -0.3 is 19.7 Å². The summed E-state index contributed by atoms with van der Waals surface area (Å²) in [5.74, 6) is 1.25. The number of thioether (sulfide) groups is 1. The first kappa shape index (κ1) is 20.4. The lowest BCUT2D eigenvalue weighted by Crippen LogP contribution is -2.37. The first-order chi connectivity index (χ1) is 14.7. The van der Waals surface area contributed by atoms with Crippen LogP contribution in [0.4, 0.5) is 5.82 Å². The summed E-state index contributed by atoms with van der Waals surface area (Å²) < 4.78 is 12.5. The van der Waals surface area contributed by atoms with Crippen LogP contribution in [0.25, 0.3) is 11.0 Å². The van der Waals surface area contributed by atoms with Crippen LogP contribution in [0.5, 0.6) is 5.75 Å². The van der Waals surface area contributed by atoms with E-state index in [9.17, 15) is 4.79 Å². The highest BCUT2D eigenvalue weighted by molar-refractivity contribution is 7.98. The van der Waals surface area contributed by atoms with Crippen LogP contribution in [-0.2, 0) is 11.3 Å². The average molecular weight is 429 g/mol. The van der Waals surface area contributed by atoms with Gasteiger partial charge in [0.1, 0.15) is 11.6 Å². The van der Waals surface area contributed by atoms with E-state index in [4.69, 9.17) is 14.5 Å². The molecule has 2 aromatic heterocycles. The molecule has 0 radical (unpaired) electrons. The molecule has 30 heavy (non-hydrogen) atoms. The van der Waals surface area contributed by atoms with Crippen LogP contribution in [0.3, 0.4) is 0 Å². The van der Waals surface area contributed by atoms with Gasteiger partial charge in [0, 0.05) is 19.6 Å². The van der Waals surface area contributed by atoms with Crippen molar-refractivity contribution in [3.8, 4) is 5.75 Å². The largest absolute Gasteiger partial charge is 0.496 e. The van der Waals surface area contributed by atoms with E-state index < -0.39 is 0 Å². The van der Waals surface area contributed by atoms with Crippen molar-refractivity contribution in [3.05, 3.63) is 36.0 Å². The number of ether oxygens (including phenoxy) is 2. The number of methoxy groups -OCH3 is 1. The van der Waals surface area contributed by atoms with Crippen molar-refractivity contribution >= 4 is 34.5 Å². The number of para-hydroxylation sites is 1. The minimum absolute atomic E-state index is 0.183. The van der Waals surface area contributed by atoms with Gasteiger partial charge in [0.15, 0.2) is 10.8 Å². The molecule has 1 aromatic carbocycles. The molecular formula is C20H24N6O3S. The minimum atomic E-state index is -0.183. The van der Waals surface area contributed by atoms with Crippen molar-refractivity contribution in [2.24, 2.45) is 0 Å². The maximum absolute atomic E-state index is 12.5. The number of nitrogens with one attached hydrogen (secondary N) is 1. The summed E-state index contributed by atoms with van der Waals surface area (Å²) in [7, 11) is 1.55. The van der Waals surface area contributed by atoms with E-state index in [0.717, 1.165) is 29.9 Å². The highest BCUT2D eigenvalue weighted by atomic mass is 32.2. The van der Waals surface area contributed by atoms with Crippen LogP contribution >= 0.6 is 11.8 Å². The van der Waals surface area contributed by atoms with Crippen LogP contribution in [0.2, 0.25) is 0 Å². The summed E-state index contributed by atoms with van der Waals surface area (Å²) in [5.41, 5.74) is 1.27. The molecule has 1 saturated heterocycles.